The molecule has 1 aromatic heterocycles. The first-order chi connectivity index (χ1) is 7.92. The molecule has 0 saturated heterocycles. The molecule has 0 radical (unpaired) electrons. The first-order valence-corrected chi connectivity index (χ1v) is 6.12. The lowest BCUT2D eigenvalue weighted by atomic mass is 10.2. The summed E-state index contributed by atoms with van der Waals surface area (Å²) in [5.41, 5.74) is 0.981. The molecule has 0 aliphatic carbocycles. The van der Waals surface area contributed by atoms with Crippen molar-refractivity contribution in [2.24, 2.45) is 0 Å². The normalized spacial score (nSPS) is 10.6. The molecule has 16 heavy (non-hydrogen) atoms. The highest BCUT2D eigenvalue weighted by Crippen LogP contribution is 2.23. The Kier molecular flexibility index (Phi) is 4.05. The minimum absolute atomic E-state index is 0.745. The number of hydrogen-bond acceptors (Lipinski definition) is 3. The van der Waals surface area contributed by atoms with Gasteiger partial charge in [0.1, 0.15) is 5.75 Å². The van der Waals surface area contributed by atoms with Crippen LogP contribution in [0.5, 0.6) is 5.75 Å². The second kappa shape index (κ2) is 5.75. The Morgan fingerprint density at radius 1 is 1.12 bits per heavy atom. The number of unbranched alkanes of at least 4 members (excludes halogenated alkanes) is 1. The Morgan fingerprint density at radius 3 is 2.94 bits per heavy atom. The van der Waals surface area contributed by atoms with E-state index in [2.05, 4.69) is 17.6 Å². The summed E-state index contributed by atoms with van der Waals surface area (Å²) < 4.78 is 5.75. The van der Waals surface area contributed by atoms with Crippen molar-refractivity contribution in [3.63, 3.8) is 0 Å². The number of nitrogens with zero attached hydrogens (tertiary/aromatic N) is 1. The van der Waals surface area contributed by atoms with Gasteiger partial charge < -0.3 is 4.74 Å². The summed E-state index contributed by atoms with van der Waals surface area (Å²) in [6.45, 7) is 0.745. The highest BCUT2D eigenvalue weighted by molar-refractivity contribution is 7.80. The Bertz CT molecular complexity index is 453. The van der Waals surface area contributed by atoms with Crippen molar-refractivity contribution in [1.82, 2.24) is 4.98 Å². The Morgan fingerprint density at radius 2 is 2.06 bits per heavy atom. The average Bonchev–Trinajstić information content (AvgIpc) is 2.35. The molecule has 0 atom stereocenters. The van der Waals surface area contributed by atoms with E-state index in [1.807, 2.05) is 30.3 Å². The van der Waals surface area contributed by atoms with Crippen molar-refractivity contribution in [1.29, 1.82) is 0 Å². The fourth-order valence-corrected chi connectivity index (χ4v) is 1.82. The van der Waals surface area contributed by atoms with Gasteiger partial charge in [0.2, 0.25) is 0 Å². The SMILES string of the molecule is SCCCCOc1cccc2ncccc12. The van der Waals surface area contributed by atoms with Crippen LogP contribution >= 0.6 is 12.6 Å². The second-order valence-electron chi connectivity index (χ2n) is 3.61. The molecule has 0 spiro atoms. The van der Waals surface area contributed by atoms with Crippen molar-refractivity contribution in [2.45, 2.75) is 12.8 Å². The minimum atomic E-state index is 0.745. The maximum absolute atomic E-state index is 5.75. The predicted octanol–water partition coefficient (Wildman–Crippen LogP) is 3.32. The molecule has 0 bridgehead atoms. The molecule has 0 aliphatic rings. The van der Waals surface area contributed by atoms with E-state index in [1.165, 1.54) is 0 Å². The lowest BCUT2D eigenvalue weighted by Gasteiger charge is -2.08. The third-order valence-corrected chi connectivity index (χ3v) is 2.73. The lowest BCUT2D eigenvalue weighted by Crippen LogP contribution is -1.98. The van der Waals surface area contributed by atoms with Gasteiger partial charge in [-0.25, -0.2) is 0 Å². The van der Waals surface area contributed by atoms with Gasteiger partial charge in [-0.05, 0) is 42.9 Å². The summed E-state index contributed by atoms with van der Waals surface area (Å²) in [5.74, 6) is 1.84. The standard InChI is InChI=1S/C13H15NOS/c16-10-2-1-9-15-13-7-3-6-12-11(13)5-4-8-14-12/h3-8,16H,1-2,9-10H2. The quantitative estimate of drug-likeness (QED) is 0.632. The zero-order valence-electron chi connectivity index (χ0n) is 9.10. The van der Waals surface area contributed by atoms with E-state index in [9.17, 15) is 0 Å². The zero-order chi connectivity index (χ0) is 11.2. The van der Waals surface area contributed by atoms with Crippen LogP contribution in [0.1, 0.15) is 12.8 Å². The van der Waals surface area contributed by atoms with E-state index >= 15 is 0 Å². The van der Waals surface area contributed by atoms with Crippen molar-refractivity contribution >= 4 is 23.5 Å². The third kappa shape index (κ3) is 2.67. The summed E-state index contributed by atoms with van der Waals surface area (Å²) in [6, 6.07) is 9.93. The molecular formula is C13H15NOS. The van der Waals surface area contributed by atoms with E-state index in [1.54, 1.807) is 6.20 Å². The monoisotopic (exact) mass is 233 g/mol. The van der Waals surface area contributed by atoms with Crippen LogP contribution in [0.15, 0.2) is 36.5 Å². The molecule has 1 heterocycles. The number of thiol groups is 1. The third-order valence-electron chi connectivity index (χ3n) is 2.42. The topological polar surface area (TPSA) is 22.1 Å². The predicted molar refractivity (Wildman–Crippen MR) is 70.3 cm³/mol. The maximum atomic E-state index is 5.75. The largest absolute Gasteiger partial charge is 0.493 e. The van der Waals surface area contributed by atoms with Gasteiger partial charge in [0.15, 0.2) is 0 Å². The molecule has 3 heteroatoms. The van der Waals surface area contributed by atoms with E-state index < -0.39 is 0 Å². The van der Waals surface area contributed by atoms with Gasteiger partial charge in [0.25, 0.3) is 0 Å². The Labute approximate surface area is 101 Å². The minimum Gasteiger partial charge on any atom is -0.493 e. The average molecular weight is 233 g/mol. The summed E-state index contributed by atoms with van der Waals surface area (Å²) in [5, 5.41) is 1.08. The molecule has 2 aromatic rings. The highest BCUT2D eigenvalue weighted by atomic mass is 32.1. The number of hydrogen-bond donors (Lipinski definition) is 1. The van der Waals surface area contributed by atoms with Crippen molar-refractivity contribution in [3.05, 3.63) is 36.5 Å². The van der Waals surface area contributed by atoms with Crippen LogP contribution in [-0.2, 0) is 0 Å². The summed E-state index contributed by atoms with van der Waals surface area (Å²) >= 11 is 4.17. The van der Waals surface area contributed by atoms with Gasteiger partial charge in [-0.1, -0.05) is 6.07 Å². The first-order valence-electron chi connectivity index (χ1n) is 5.49. The molecular weight excluding hydrogens is 218 g/mol. The lowest BCUT2D eigenvalue weighted by molar-refractivity contribution is 0.313. The second-order valence-corrected chi connectivity index (χ2v) is 4.05. The summed E-state index contributed by atoms with van der Waals surface area (Å²) in [7, 11) is 0. The van der Waals surface area contributed by atoms with Crippen LogP contribution in [0.3, 0.4) is 0 Å². The number of rotatable bonds is 5. The van der Waals surface area contributed by atoms with Crippen LogP contribution in [0.2, 0.25) is 0 Å². The molecule has 0 aliphatic heterocycles. The fourth-order valence-electron chi connectivity index (χ4n) is 1.60. The molecule has 0 amide bonds. The highest BCUT2D eigenvalue weighted by Gasteiger charge is 2.01. The van der Waals surface area contributed by atoms with Crippen LogP contribution in [-0.4, -0.2) is 17.3 Å². The Balaban J connectivity index is 2.11. The van der Waals surface area contributed by atoms with Crippen LogP contribution in [0.4, 0.5) is 0 Å². The van der Waals surface area contributed by atoms with Crippen molar-refractivity contribution in [3.8, 4) is 5.75 Å². The Hall–Kier alpha value is -1.22. The van der Waals surface area contributed by atoms with Gasteiger partial charge in [-0.15, -0.1) is 0 Å². The first kappa shape index (κ1) is 11.3. The van der Waals surface area contributed by atoms with Gasteiger partial charge in [-0.2, -0.15) is 12.6 Å². The molecule has 2 rings (SSSR count). The smallest absolute Gasteiger partial charge is 0.128 e. The van der Waals surface area contributed by atoms with Gasteiger partial charge in [-0.3, -0.25) is 4.98 Å². The number of aromatic nitrogens is 1. The zero-order valence-corrected chi connectivity index (χ0v) is 9.99. The van der Waals surface area contributed by atoms with E-state index in [4.69, 9.17) is 4.74 Å². The van der Waals surface area contributed by atoms with E-state index in [0.717, 1.165) is 41.9 Å². The molecule has 0 saturated carbocycles. The molecule has 2 nitrogen and oxygen atoms in total. The fraction of sp³-hybridized carbons (Fsp3) is 0.308. The van der Waals surface area contributed by atoms with Gasteiger partial charge in [0, 0.05) is 11.6 Å². The number of ether oxygens (including phenoxy) is 1. The molecule has 1 aromatic carbocycles. The maximum Gasteiger partial charge on any atom is 0.128 e. The van der Waals surface area contributed by atoms with Crippen LogP contribution in [0, 0.1) is 0 Å². The van der Waals surface area contributed by atoms with E-state index in [0.29, 0.717) is 0 Å². The molecule has 0 N–H and O–H groups in total. The van der Waals surface area contributed by atoms with Crippen LogP contribution < -0.4 is 4.74 Å². The molecule has 84 valence electrons. The number of benzene rings is 1. The van der Waals surface area contributed by atoms with Gasteiger partial charge in [0.05, 0.1) is 12.1 Å². The summed E-state index contributed by atoms with van der Waals surface area (Å²) in [6.07, 6.45) is 3.93. The van der Waals surface area contributed by atoms with Crippen molar-refractivity contribution < 1.29 is 4.74 Å². The summed E-state index contributed by atoms with van der Waals surface area (Å²) in [4.78, 5) is 4.29. The van der Waals surface area contributed by atoms with Gasteiger partial charge >= 0.3 is 0 Å². The molecule has 0 fully saturated rings. The van der Waals surface area contributed by atoms with E-state index in [-0.39, 0.29) is 0 Å². The number of pyridine rings is 1. The van der Waals surface area contributed by atoms with Crippen LogP contribution in [0.25, 0.3) is 10.9 Å². The number of fused-ring (bicyclic) bond motifs is 1. The molecule has 0 unspecified atom stereocenters. The van der Waals surface area contributed by atoms with Crippen molar-refractivity contribution in [2.75, 3.05) is 12.4 Å².